The van der Waals surface area contributed by atoms with Crippen LogP contribution in [0.15, 0.2) is 18.2 Å². The van der Waals surface area contributed by atoms with Gasteiger partial charge in [0, 0.05) is 6.04 Å². The first-order chi connectivity index (χ1) is 9.76. The molecule has 0 heterocycles. The fourth-order valence-electron chi connectivity index (χ4n) is 3.20. The Bertz CT molecular complexity index is 415. The van der Waals surface area contributed by atoms with Gasteiger partial charge in [0.25, 0.3) is 0 Å². The zero-order valence-electron chi connectivity index (χ0n) is 12.6. The molecule has 2 rings (SSSR count). The summed E-state index contributed by atoms with van der Waals surface area (Å²) in [6, 6.07) is 6.65. The molecule has 1 aromatic rings. The monoisotopic (exact) mass is 295 g/mol. The summed E-state index contributed by atoms with van der Waals surface area (Å²) >= 11 is 6.29. The van der Waals surface area contributed by atoms with Crippen LogP contribution < -0.4 is 10.1 Å². The van der Waals surface area contributed by atoms with Crippen LogP contribution in [0, 0.1) is 5.92 Å². The smallest absolute Gasteiger partial charge is 0.137 e. The SMILES string of the molecule is CCCNC(c1ccc(OC)c(Cl)c1)C1CCCCC1. The molecule has 3 heteroatoms. The number of nitrogens with one attached hydrogen (secondary N) is 1. The van der Waals surface area contributed by atoms with E-state index in [2.05, 4.69) is 24.4 Å². The molecule has 1 aliphatic carbocycles. The van der Waals surface area contributed by atoms with E-state index in [4.69, 9.17) is 16.3 Å². The molecule has 1 N–H and O–H groups in total. The maximum atomic E-state index is 6.29. The van der Waals surface area contributed by atoms with Gasteiger partial charge in [0.2, 0.25) is 0 Å². The Morgan fingerprint density at radius 3 is 2.65 bits per heavy atom. The van der Waals surface area contributed by atoms with Crippen LogP contribution >= 0.6 is 11.6 Å². The average molecular weight is 296 g/mol. The minimum Gasteiger partial charge on any atom is -0.495 e. The topological polar surface area (TPSA) is 21.3 Å². The first-order valence-corrected chi connectivity index (χ1v) is 8.21. The Morgan fingerprint density at radius 2 is 2.05 bits per heavy atom. The number of halogens is 1. The van der Waals surface area contributed by atoms with Crippen molar-refractivity contribution in [2.24, 2.45) is 5.92 Å². The quantitative estimate of drug-likeness (QED) is 0.800. The van der Waals surface area contributed by atoms with Crippen molar-refractivity contribution in [1.29, 1.82) is 0 Å². The molecule has 1 aliphatic rings. The van der Waals surface area contributed by atoms with Crippen molar-refractivity contribution in [3.8, 4) is 5.75 Å². The molecule has 1 saturated carbocycles. The van der Waals surface area contributed by atoms with E-state index in [-0.39, 0.29) is 0 Å². The molecule has 0 amide bonds. The Kier molecular flexibility index (Phi) is 6.18. The largest absolute Gasteiger partial charge is 0.495 e. The first-order valence-electron chi connectivity index (χ1n) is 7.83. The molecule has 0 radical (unpaired) electrons. The van der Waals surface area contributed by atoms with E-state index < -0.39 is 0 Å². The second-order valence-electron chi connectivity index (χ2n) is 5.72. The summed E-state index contributed by atoms with van der Waals surface area (Å²) in [5, 5.41) is 4.43. The predicted octanol–water partition coefficient (Wildman–Crippen LogP) is 4.97. The third-order valence-electron chi connectivity index (χ3n) is 4.27. The number of benzene rings is 1. The van der Waals surface area contributed by atoms with Gasteiger partial charge in [0.1, 0.15) is 5.75 Å². The van der Waals surface area contributed by atoms with Gasteiger partial charge in [-0.15, -0.1) is 0 Å². The fraction of sp³-hybridized carbons (Fsp3) is 0.647. The number of methoxy groups -OCH3 is 1. The van der Waals surface area contributed by atoms with Crippen LogP contribution in [-0.4, -0.2) is 13.7 Å². The van der Waals surface area contributed by atoms with Crippen LogP contribution in [0.25, 0.3) is 0 Å². The number of ether oxygens (including phenoxy) is 1. The van der Waals surface area contributed by atoms with E-state index in [1.165, 1.54) is 37.7 Å². The molecule has 20 heavy (non-hydrogen) atoms. The van der Waals surface area contributed by atoms with Crippen molar-refractivity contribution in [2.75, 3.05) is 13.7 Å². The molecule has 1 aromatic carbocycles. The molecule has 0 spiro atoms. The fourth-order valence-corrected chi connectivity index (χ4v) is 3.47. The van der Waals surface area contributed by atoms with E-state index in [1.807, 2.05) is 6.07 Å². The van der Waals surface area contributed by atoms with Crippen LogP contribution in [0.4, 0.5) is 0 Å². The highest BCUT2D eigenvalue weighted by atomic mass is 35.5. The van der Waals surface area contributed by atoms with Crippen molar-refractivity contribution >= 4 is 11.6 Å². The zero-order valence-corrected chi connectivity index (χ0v) is 13.4. The lowest BCUT2D eigenvalue weighted by atomic mass is 9.81. The molecule has 1 unspecified atom stereocenters. The summed E-state index contributed by atoms with van der Waals surface area (Å²) in [7, 11) is 1.66. The van der Waals surface area contributed by atoms with E-state index in [9.17, 15) is 0 Å². The van der Waals surface area contributed by atoms with Gasteiger partial charge < -0.3 is 10.1 Å². The third-order valence-corrected chi connectivity index (χ3v) is 4.57. The molecule has 0 aliphatic heterocycles. The van der Waals surface area contributed by atoms with Crippen molar-refractivity contribution in [3.05, 3.63) is 28.8 Å². The van der Waals surface area contributed by atoms with Crippen molar-refractivity contribution in [1.82, 2.24) is 5.32 Å². The lowest BCUT2D eigenvalue weighted by Gasteiger charge is -2.31. The van der Waals surface area contributed by atoms with Crippen molar-refractivity contribution in [2.45, 2.75) is 51.5 Å². The lowest BCUT2D eigenvalue weighted by Crippen LogP contribution is -2.30. The zero-order chi connectivity index (χ0) is 14.4. The van der Waals surface area contributed by atoms with Crippen LogP contribution in [0.5, 0.6) is 5.75 Å². The lowest BCUT2D eigenvalue weighted by molar-refractivity contribution is 0.272. The first kappa shape index (κ1) is 15.7. The van der Waals surface area contributed by atoms with Crippen LogP contribution in [0.3, 0.4) is 0 Å². The maximum Gasteiger partial charge on any atom is 0.137 e. The van der Waals surface area contributed by atoms with Gasteiger partial charge >= 0.3 is 0 Å². The standard InChI is InChI=1S/C17H26ClNO/c1-3-11-19-17(13-7-5-4-6-8-13)14-9-10-16(20-2)15(18)12-14/h9-10,12-13,17,19H,3-8,11H2,1-2H3. The molecule has 0 saturated heterocycles. The van der Waals surface area contributed by atoms with Crippen molar-refractivity contribution < 1.29 is 4.74 Å². The summed E-state index contributed by atoms with van der Waals surface area (Å²) in [6.45, 7) is 3.27. The summed E-state index contributed by atoms with van der Waals surface area (Å²) < 4.78 is 5.25. The molecule has 0 aromatic heterocycles. The van der Waals surface area contributed by atoms with Gasteiger partial charge in [0.15, 0.2) is 0 Å². The van der Waals surface area contributed by atoms with Gasteiger partial charge in [-0.25, -0.2) is 0 Å². The predicted molar refractivity (Wildman–Crippen MR) is 85.6 cm³/mol. The van der Waals surface area contributed by atoms with E-state index in [0.717, 1.165) is 24.6 Å². The van der Waals surface area contributed by atoms with Crippen LogP contribution in [0.1, 0.15) is 57.1 Å². The number of hydrogen-bond acceptors (Lipinski definition) is 2. The van der Waals surface area contributed by atoms with Gasteiger partial charge in [-0.1, -0.05) is 43.9 Å². The van der Waals surface area contributed by atoms with E-state index in [0.29, 0.717) is 11.1 Å². The Labute approximate surface area is 127 Å². The van der Waals surface area contributed by atoms with Gasteiger partial charge in [-0.3, -0.25) is 0 Å². The third kappa shape index (κ3) is 3.89. The second kappa shape index (κ2) is 7.90. The van der Waals surface area contributed by atoms with Crippen molar-refractivity contribution in [3.63, 3.8) is 0 Å². The molecular formula is C17H26ClNO. The second-order valence-corrected chi connectivity index (χ2v) is 6.13. The molecular weight excluding hydrogens is 270 g/mol. The molecule has 1 atom stereocenters. The number of hydrogen-bond donors (Lipinski definition) is 1. The van der Waals surface area contributed by atoms with Crippen LogP contribution in [-0.2, 0) is 0 Å². The van der Waals surface area contributed by atoms with Crippen LogP contribution in [0.2, 0.25) is 5.02 Å². The van der Waals surface area contributed by atoms with E-state index >= 15 is 0 Å². The molecule has 112 valence electrons. The summed E-state index contributed by atoms with van der Waals surface area (Å²) in [5.41, 5.74) is 1.30. The molecule has 2 nitrogen and oxygen atoms in total. The highest BCUT2D eigenvalue weighted by Gasteiger charge is 2.25. The summed E-state index contributed by atoms with van der Waals surface area (Å²) in [4.78, 5) is 0. The number of rotatable bonds is 6. The normalized spacial score (nSPS) is 17.9. The molecule has 1 fully saturated rings. The van der Waals surface area contributed by atoms with E-state index in [1.54, 1.807) is 7.11 Å². The summed E-state index contributed by atoms with van der Waals surface area (Å²) in [5.74, 6) is 1.49. The Hall–Kier alpha value is -0.730. The Morgan fingerprint density at radius 1 is 1.30 bits per heavy atom. The highest BCUT2D eigenvalue weighted by Crippen LogP contribution is 2.36. The summed E-state index contributed by atoms with van der Waals surface area (Å²) in [6.07, 6.45) is 7.92. The van der Waals surface area contributed by atoms with Gasteiger partial charge in [0.05, 0.1) is 12.1 Å². The Balaban J connectivity index is 2.18. The highest BCUT2D eigenvalue weighted by molar-refractivity contribution is 6.32. The average Bonchev–Trinajstić information content (AvgIpc) is 2.49. The minimum absolute atomic E-state index is 0.429. The maximum absolute atomic E-state index is 6.29. The van der Waals surface area contributed by atoms with Gasteiger partial charge in [-0.2, -0.15) is 0 Å². The molecule has 0 bridgehead atoms. The minimum atomic E-state index is 0.429. The van der Waals surface area contributed by atoms with Gasteiger partial charge in [-0.05, 0) is 49.4 Å².